The second-order valence-corrected chi connectivity index (χ2v) is 8.15. The number of hydrogen-bond donors (Lipinski definition) is 3. The predicted octanol–water partition coefficient (Wildman–Crippen LogP) is 0.686. The van der Waals surface area contributed by atoms with Crippen molar-refractivity contribution in [2.45, 2.75) is 65.6 Å². The zero-order valence-electron chi connectivity index (χ0n) is 15.2. The Labute approximate surface area is 141 Å². The minimum Gasteiger partial charge on any atom is -0.350 e. The molecule has 1 atom stereocenters. The van der Waals surface area contributed by atoms with Crippen molar-refractivity contribution in [3.05, 3.63) is 32.6 Å². The van der Waals surface area contributed by atoms with E-state index in [0.29, 0.717) is 5.56 Å². The van der Waals surface area contributed by atoms with Crippen LogP contribution in [0.2, 0.25) is 0 Å². The number of amides is 1. The molecule has 0 bridgehead atoms. The van der Waals surface area contributed by atoms with E-state index in [2.05, 4.69) is 29.5 Å². The first-order valence-corrected chi connectivity index (χ1v) is 8.39. The maximum atomic E-state index is 12.5. The fourth-order valence-electron chi connectivity index (χ4n) is 3.08. The third kappa shape index (κ3) is 3.95. The molecule has 7 nitrogen and oxygen atoms in total. The Morgan fingerprint density at radius 1 is 1.38 bits per heavy atom. The number of carbonyl (C=O) groups is 1. The molecule has 0 saturated carbocycles. The van der Waals surface area contributed by atoms with Crippen molar-refractivity contribution in [1.29, 1.82) is 0 Å². The lowest BCUT2D eigenvalue weighted by atomic mass is 9.77. The van der Waals surface area contributed by atoms with Gasteiger partial charge in [-0.2, -0.15) is 0 Å². The molecule has 0 aromatic carbocycles. The fraction of sp³-hybridized carbons (Fsp3) is 0.706. The second-order valence-electron chi connectivity index (χ2n) is 8.15. The average Bonchev–Trinajstić information content (AvgIpc) is 2.44. The van der Waals surface area contributed by atoms with Gasteiger partial charge in [-0.3, -0.25) is 19.1 Å². The van der Waals surface area contributed by atoms with Crippen LogP contribution in [-0.4, -0.2) is 28.0 Å². The first-order valence-electron chi connectivity index (χ1n) is 8.39. The highest BCUT2D eigenvalue weighted by atomic mass is 16.2. The van der Waals surface area contributed by atoms with Gasteiger partial charge < -0.3 is 10.6 Å². The summed E-state index contributed by atoms with van der Waals surface area (Å²) in [6.07, 6.45) is 3.56. The first kappa shape index (κ1) is 18.4. The largest absolute Gasteiger partial charge is 0.350 e. The maximum absolute atomic E-state index is 12.5. The molecule has 24 heavy (non-hydrogen) atoms. The third-order valence-corrected chi connectivity index (χ3v) is 4.58. The molecule has 1 aromatic rings. The molecule has 2 heterocycles. The number of aromatic amines is 1. The molecule has 1 unspecified atom stereocenters. The van der Waals surface area contributed by atoms with E-state index < -0.39 is 16.8 Å². The molecular formula is C17H28N4O3. The minimum atomic E-state index is -0.461. The highest BCUT2D eigenvalue weighted by Gasteiger charge is 2.36. The summed E-state index contributed by atoms with van der Waals surface area (Å²) in [6.45, 7) is 10.7. The van der Waals surface area contributed by atoms with Crippen LogP contribution >= 0.6 is 0 Å². The molecule has 1 aliphatic rings. The quantitative estimate of drug-likeness (QED) is 0.756. The van der Waals surface area contributed by atoms with Gasteiger partial charge in [0, 0.05) is 18.3 Å². The van der Waals surface area contributed by atoms with Crippen molar-refractivity contribution in [3.8, 4) is 0 Å². The summed E-state index contributed by atoms with van der Waals surface area (Å²) < 4.78 is 1.47. The Kier molecular flexibility index (Phi) is 5.03. The van der Waals surface area contributed by atoms with Crippen molar-refractivity contribution in [2.24, 2.45) is 5.41 Å². The van der Waals surface area contributed by atoms with Crippen LogP contribution in [0.5, 0.6) is 0 Å². The molecule has 2 rings (SSSR count). The second kappa shape index (κ2) is 6.55. The number of H-pyrrole nitrogens is 1. The van der Waals surface area contributed by atoms with Gasteiger partial charge in [-0.05, 0) is 45.6 Å². The van der Waals surface area contributed by atoms with Crippen LogP contribution in [0.1, 0.15) is 53.0 Å². The summed E-state index contributed by atoms with van der Waals surface area (Å²) in [5, 5.41) is 6.08. The summed E-state index contributed by atoms with van der Waals surface area (Å²) in [7, 11) is 0. The summed E-state index contributed by atoms with van der Waals surface area (Å²) in [5.74, 6) is -0.118. The molecule has 7 heteroatoms. The van der Waals surface area contributed by atoms with E-state index in [1.165, 1.54) is 10.8 Å². The van der Waals surface area contributed by atoms with Gasteiger partial charge in [0.25, 0.3) is 5.56 Å². The maximum Gasteiger partial charge on any atom is 0.328 e. The number of nitrogens with one attached hydrogen (secondary N) is 3. The Balaban J connectivity index is 2.16. The van der Waals surface area contributed by atoms with Gasteiger partial charge in [0.1, 0.15) is 0 Å². The average molecular weight is 336 g/mol. The van der Waals surface area contributed by atoms with Crippen molar-refractivity contribution >= 4 is 5.91 Å². The Bertz CT molecular complexity index is 725. The summed E-state index contributed by atoms with van der Waals surface area (Å²) in [5.41, 5.74) is -1.12. The van der Waals surface area contributed by atoms with E-state index in [4.69, 9.17) is 0 Å². The highest BCUT2D eigenvalue weighted by Crippen LogP contribution is 2.30. The smallest absolute Gasteiger partial charge is 0.328 e. The molecule has 0 spiro atoms. The van der Waals surface area contributed by atoms with E-state index >= 15 is 0 Å². The normalized spacial score (nSPS) is 20.6. The lowest BCUT2D eigenvalue weighted by Crippen LogP contribution is -2.55. The number of nitrogens with zero attached hydrogens (tertiary/aromatic N) is 1. The summed E-state index contributed by atoms with van der Waals surface area (Å²) >= 11 is 0. The molecule has 1 aliphatic heterocycles. The van der Waals surface area contributed by atoms with Crippen LogP contribution < -0.4 is 21.9 Å². The molecule has 1 aromatic heterocycles. The van der Waals surface area contributed by atoms with Gasteiger partial charge >= 0.3 is 5.69 Å². The van der Waals surface area contributed by atoms with Crippen LogP contribution in [0.3, 0.4) is 0 Å². The van der Waals surface area contributed by atoms with Crippen LogP contribution in [0.25, 0.3) is 0 Å². The zero-order chi connectivity index (χ0) is 18.1. The van der Waals surface area contributed by atoms with E-state index in [0.717, 1.165) is 19.4 Å². The lowest BCUT2D eigenvalue weighted by molar-refractivity contribution is -0.126. The summed E-state index contributed by atoms with van der Waals surface area (Å²) in [6, 6.07) is -0.279. The van der Waals surface area contributed by atoms with Crippen molar-refractivity contribution in [3.63, 3.8) is 0 Å². The van der Waals surface area contributed by atoms with Gasteiger partial charge in [0.2, 0.25) is 5.91 Å². The monoisotopic (exact) mass is 336 g/mol. The van der Waals surface area contributed by atoms with Gasteiger partial charge in [0.05, 0.1) is 11.6 Å². The van der Waals surface area contributed by atoms with E-state index in [1.54, 1.807) is 0 Å². The van der Waals surface area contributed by atoms with Crippen LogP contribution in [0.4, 0.5) is 0 Å². The minimum absolute atomic E-state index is 0.0960. The molecule has 1 saturated heterocycles. The van der Waals surface area contributed by atoms with E-state index in [-0.39, 0.29) is 23.9 Å². The molecule has 1 fully saturated rings. The Hall–Kier alpha value is -1.89. The number of aromatic nitrogens is 2. The first-order chi connectivity index (χ1) is 11.0. The van der Waals surface area contributed by atoms with Crippen molar-refractivity contribution in [2.75, 3.05) is 6.54 Å². The molecule has 0 radical (unpaired) electrons. The zero-order valence-corrected chi connectivity index (χ0v) is 15.2. The van der Waals surface area contributed by atoms with E-state index in [9.17, 15) is 14.4 Å². The topological polar surface area (TPSA) is 96.0 Å². The van der Waals surface area contributed by atoms with Gasteiger partial charge in [-0.25, -0.2) is 4.79 Å². The van der Waals surface area contributed by atoms with Crippen LogP contribution in [0.15, 0.2) is 15.8 Å². The SMILES string of the molecule is CC1(C)CCCNC1C(=O)NCc1cn(C(C)(C)C)c(=O)[nH]c1=O. The number of piperidine rings is 1. The molecule has 134 valence electrons. The van der Waals surface area contributed by atoms with Gasteiger partial charge in [-0.1, -0.05) is 13.8 Å². The van der Waals surface area contributed by atoms with Crippen LogP contribution in [-0.2, 0) is 16.9 Å². The van der Waals surface area contributed by atoms with E-state index in [1.807, 2.05) is 20.8 Å². The summed E-state index contributed by atoms with van der Waals surface area (Å²) in [4.78, 5) is 38.7. The van der Waals surface area contributed by atoms with Gasteiger partial charge in [-0.15, -0.1) is 0 Å². The Morgan fingerprint density at radius 3 is 2.62 bits per heavy atom. The fourth-order valence-corrected chi connectivity index (χ4v) is 3.08. The Morgan fingerprint density at radius 2 is 2.04 bits per heavy atom. The molecule has 3 N–H and O–H groups in total. The number of hydrogen-bond acceptors (Lipinski definition) is 4. The number of rotatable bonds is 3. The van der Waals surface area contributed by atoms with Crippen molar-refractivity contribution in [1.82, 2.24) is 20.2 Å². The molecule has 1 amide bonds. The van der Waals surface area contributed by atoms with Gasteiger partial charge in [0.15, 0.2) is 0 Å². The third-order valence-electron chi connectivity index (χ3n) is 4.58. The lowest BCUT2D eigenvalue weighted by Gasteiger charge is -2.38. The predicted molar refractivity (Wildman–Crippen MR) is 93.0 cm³/mol. The standard InChI is InChI=1S/C17H28N4O3/c1-16(2,3)21-10-11(13(22)20-15(21)24)9-19-14(23)12-17(4,5)7-6-8-18-12/h10,12,18H,6-9H2,1-5H3,(H,19,23)(H,20,22,24). The molecular weight excluding hydrogens is 308 g/mol. The highest BCUT2D eigenvalue weighted by molar-refractivity contribution is 5.82. The van der Waals surface area contributed by atoms with Crippen molar-refractivity contribution < 1.29 is 4.79 Å². The van der Waals surface area contributed by atoms with Crippen LogP contribution in [0, 0.1) is 5.41 Å². The molecule has 0 aliphatic carbocycles. The number of carbonyl (C=O) groups excluding carboxylic acids is 1.